The Kier molecular flexibility index (Phi) is 1.48. The van der Waals surface area contributed by atoms with Crippen LogP contribution in [-0.2, 0) is 0 Å². The predicted octanol–water partition coefficient (Wildman–Crippen LogP) is 0.736. The molecule has 0 aliphatic heterocycles. The second kappa shape index (κ2) is 2.14. The Morgan fingerprint density at radius 3 is 2.78 bits per heavy atom. The zero-order chi connectivity index (χ0) is 6.85. The first-order valence-electron chi connectivity index (χ1n) is 2.47. The van der Waals surface area contributed by atoms with Crippen molar-refractivity contribution in [3.63, 3.8) is 0 Å². The summed E-state index contributed by atoms with van der Waals surface area (Å²) in [6.07, 6.45) is 1.71. The molecule has 0 aromatic carbocycles. The summed E-state index contributed by atoms with van der Waals surface area (Å²) in [5.74, 6) is 0.0492. The highest BCUT2D eigenvalue weighted by Gasteiger charge is 1.98. The lowest BCUT2D eigenvalue weighted by Gasteiger charge is -1.84. The summed E-state index contributed by atoms with van der Waals surface area (Å²) in [6.45, 7) is 1.93. The standard InChI is InChI=1S/C5H7N3S/c1-3-2-8-5(9-3)4(6)7/h2H,1H3,(H3,6,7). The minimum Gasteiger partial charge on any atom is -0.382 e. The molecule has 1 aromatic heterocycles. The van der Waals surface area contributed by atoms with E-state index in [2.05, 4.69) is 4.98 Å². The van der Waals surface area contributed by atoms with E-state index in [1.54, 1.807) is 6.20 Å². The monoisotopic (exact) mass is 141 g/mol. The van der Waals surface area contributed by atoms with E-state index in [1.165, 1.54) is 11.3 Å². The first-order valence-corrected chi connectivity index (χ1v) is 3.28. The van der Waals surface area contributed by atoms with Crippen molar-refractivity contribution in [1.82, 2.24) is 4.98 Å². The van der Waals surface area contributed by atoms with Gasteiger partial charge in [0.25, 0.3) is 0 Å². The van der Waals surface area contributed by atoms with E-state index in [-0.39, 0.29) is 5.84 Å². The van der Waals surface area contributed by atoms with E-state index < -0.39 is 0 Å². The number of aryl methyl sites for hydroxylation is 1. The van der Waals surface area contributed by atoms with Crippen LogP contribution in [0.4, 0.5) is 0 Å². The van der Waals surface area contributed by atoms with Crippen molar-refractivity contribution >= 4 is 17.2 Å². The fourth-order valence-corrected chi connectivity index (χ4v) is 1.10. The maximum atomic E-state index is 6.97. The number of rotatable bonds is 1. The number of aromatic nitrogens is 1. The largest absolute Gasteiger partial charge is 0.382 e. The maximum absolute atomic E-state index is 6.97. The fraction of sp³-hybridized carbons (Fsp3) is 0.200. The molecule has 0 atom stereocenters. The van der Waals surface area contributed by atoms with Gasteiger partial charge < -0.3 is 5.73 Å². The van der Waals surface area contributed by atoms with E-state index in [1.807, 2.05) is 6.92 Å². The molecule has 48 valence electrons. The quantitative estimate of drug-likeness (QED) is 0.447. The van der Waals surface area contributed by atoms with E-state index in [0.717, 1.165) is 4.88 Å². The Hall–Kier alpha value is -0.900. The van der Waals surface area contributed by atoms with Crippen LogP contribution in [0.3, 0.4) is 0 Å². The summed E-state index contributed by atoms with van der Waals surface area (Å²) in [5.41, 5.74) is 5.16. The third-order valence-electron chi connectivity index (χ3n) is 0.852. The van der Waals surface area contributed by atoms with Crippen LogP contribution in [0.2, 0.25) is 0 Å². The van der Waals surface area contributed by atoms with Gasteiger partial charge in [-0.3, -0.25) is 5.41 Å². The minimum absolute atomic E-state index is 0.0492. The molecule has 3 N–H and O–H groups in total. The first-order chi connectivity index (χ1) is 4.20. The van der Waals surface area contributed by atoms with Crippen LogP contribution in [0.25, 0.3) is 0 Å². The van der Waals surface area contributed by atoms with Crippen molar-refractivity contribution in [3.8, 4) is 0 Å². The number of thiazole rings is 1. The van der Waals surface area contributed by atoms with Gasteiger partial charge in [-0.15, -0.1) is 11.3 Å². The SMILES string of the molecule is Cc1cnc(C(=N)N)s1. The van der Waals surface area contributed by atoms with Crippen LogP contribution >= 0.6 is 11.3 Å². The molecule has 0 saturated carbocycles. The van der Waals surface area contributed by atoms with Crippen molar-refractivity contribution in [2.45, 2.75) is 6.92 Å². The Morgan fingerprint density at radius 1 is 1.89 bits per heavy atom. The first kappa shape index (κ1) is 6.22. The molecule has 0 spiro atoms. The molecule has 3 nitrogen and oxygen atoms in total. The van der Waals surface area contributed by atoms with E-state index >= 15 is 0 Å². The van der Waals surface area contributed by atoms with Crippen LogP contribution in [0.5, 0.6) is 0 Å². The van der Waals surface area contributed by atoms with Crippen molar-refractivity contribution in [1.29, 1.82) is 5.41 Å². The zero-order valence-corrected chi connectivity index (χ0v) is 5.83. The number of nitrogen functional groups attached to an aromatic ring is 1. The smallest absolute Gasteiger partial charge is 0.157 e. The van der Waals surface area contributed by atoms with Crippen LogP contribution in [-0.4, -0.2) is 10.8 Å². The van der Waals surface area contributed by atoms with Gasteiger partial charge in [0, 0.05) is 11.1 Å². The lowest BCUT2D eigenvalue weighted by atomic mass is 10.6. The summed E-state index contributed by atoms with van der Waals surface area (Å²) < 4.78 is 0. The van der Waals surface area contributed by atoms with E-state index in [0.29, 0.717) is 5.01 Å². The van der Waals surface area contributed by atoms with Crippen LogP contribution in [0, 0.1) is 12.3 Å². The molecule has 1 aromatic rings. The molecule has 0 amide bonds. The molecule has 9 heavy (non-hydrogen) atoms. The molecule has 4 heteroatoms. The number of nitrogens with one attached hydrogen (secondary N) is 1. The number of hydrogen-bond donors (Lipinski definition) is 2. The van der Waals surface area contributed by atoms with Crippen molar-refractivity contribution in [2.75, 3.05) is 0 Å². The highest BCUT2D eigenvalue weighted by atomic mass is 32.1. The van der Waals surface area contributed by atoms with Crippen LogP contribution in [0.1, 0.15) is 9.88 Å². The van der Waals surface area contributed by atoms with Crippen molar-refractivity contribution in [2.24, 2.45) is 5.73 Å². The molecule has 0 aliphatic carbocycles. The minimum atomic E-state index is 0.0492. The fourth-order valence-electron chi connectivity index (χ4n) is 0.479. The second-order valence-corrected chi connectivity index (χ2v) is 2.92. The van der Waals surface area contributed by atoms with Gasteiger partial charge >= 0.3 is 0 Å². The average molecular weight is 141 g/mol. The van der Waals surface area contributed by atoms with Gasteiger partial charge in [-0.2, -0.15) is 0 Å². The molecule has 1 rings (SSSR count). The molecule has 0 unspecified atom stereocenters. The highest BCUT2D eigenvalue weighted by molar-refractivity contribution is 7.13. The molecular formula is C5H7N3S. The third kappa shape index (κ3) is 1.26. The normalized spacial score (nSPS) is 9.44. The van der Waals surface area contributed by atoms with Crippen LogP contribution < -0.4 is 5.73 Å². The lowest BCUT2D eigenvalue weighted by molar-refractivity contribution is 1.32. The topological polar surface area (TPSA) is 62.8 Å². The summed E-state index contributed by atoms with van der Waals surface area (Å²) in [7, 11) is 0. The molecule has 0 aliphatic rings. The van der Waals surface area contributed by atoms with Gasteiger partial charge in [0.05, 0.1) is 0 Å². The number of nitrogens with zero attached hydrogens (tertiary/aromatic N) is 1. The van der Waals surface area contributed by atoms with Crippen LogP contribution in [0.15, 0.2) is 6.20 Å². The average Bonchev–Trinajstić information content (AvgIpc) is 2.14. The molecule has 0 radical (unpaired) electrons. The van der Waals surface area contributed by atoms with Gasteiger partial charge in [-0.05, 0) is 6.92 Å². The number of hydrogen-bond acceptors (Lipinski definition) is 3. The molecule has 0 saturated heterocycles. The summed E-state index contributed by atoms with van der Waals surface area (Å²) in [4.78, 5) is 4.97. The van der Waals surface area contributed by atoms with Gasteiger partial charge in [-0.1, -0.05) is 0 Å². The van der Waals surface area contributed by atoms with Crippen molar-refractivity contribution in [3.05, 3.63) is 16.1 Å². The second-order valence-electron chi connectivity index (χ2n) is 1.69. The Morgan fingerprint density at radius 2 is 2.56 bits per heavy atom. The zero-order valence-electron chi connectivity index (χ0n) is 5.01. The van der Waals surface area contributed by atoms with E-state index in [9.17, 15) is 0 Å². The van der Waals surface area contributed by atoms with Gasteiger partial charge in [0.1, 0.15) is 0 Å². The highest BCUT2D eigenvalue weighted by Crippen LogP contribution is 2.09. The predicted molar refractivity (Wildman–Crippen MR) is 37.9 cm³/mol. The van der Waals surface area contributed by atoms with Crippen molar-refractivity contribution < 1.29 is 0 Å². The summed E-state index contributed by atoms with van der Waals surface area (Å²) >= 11 is 1.44. The number of nitrogens with two attached hydrogens (primary N) is 1. The molecular weight excluding hydrogens is 134 g/mol. The van der Waals surface area contributed by atoms with Gasteiger partial charge in [0.15, 0.2) is 10.8 Å². The Balaban J connectivity index is 2.98. The molecule has 0 fully saturated rings. The summed E-state index contributed by atoms with van der Waals surface area (Å²) in [6, 6.07) is 0. The maximum Gasteiger partial charge on any atom is 0.157 e. The van der Waals surface area contributed by atoms with Gasteiger partial charge in [0.2, 0.25) is 0 Å². The molecule has 1 heterocycles. The number of amidine groups is 1. The van der Waals surface area contributed by atoms with Gasteiger partial charge in [-0.25, -0.2) is 4.98 Å². The summed E-state index contributed by atoms with van der Waals surface area (Å²) in [5, 5.41) is 7.58. The Bertz CT molecular complexity index is 228. The van der Waals surface area contributed by atoms with E-state index in [4.69, 9.17) is 11.1 Å². The lowest BCUT2D eigenvalue weighted by Crippen LogP contribution is -2.09. The third-order valence-corrected chi connectivity index (χ3v) is 1.80. The Labute approximate surface area is 57.0 Å². The molecule has 0 bridgehead atoms.